The third kappa shape index (κ3) is 5.17. The average molecular weight is 463 g/mol. The van der Waals surface area contributed by atoms with E-state index in [9.17, 15) is 4.79 Å². The zero-order valence-electron chi connectivity index (χ0n) is 22.0. The summed E-state index contributed by atoms with van der Waals surface area (Å²) in [6.45, 7) is 14.2. The largest absolute Gasteiger partial charge is 0.483 e. The number of benzene rings is 2. The summed E-state index contributed by atoms with van der Waals surface area (Å²) in [4.78, 5) is 17.5. The minimum atomic E-state index is 0.0819. The molecule has 4 rings (SSSR count). The quantitative estimate of drug-likeness (QED) is 0.513. The minimum absolute atomic E-state index is 0.0819. The summed E-state index contributed by atoms with van der Waals surface area (Å²) in [5.41, 5.74) is 7.81. The molecule has 0 spiro atoms. The number of likely N-dealkylation sites (tertiary alicyclic amines) is 1. The van der Waals surface area contributed by atoms with Crippen molar-refractivity contribution in [2.24, 2.45) is 5.92 Å². The molecular weight excluding hydrogens is 420 g/mol. The van der Waals surface area contributed by atoms with Gasteiger partial charge in [-0.3, -0.25) is 4.79 Å². The van der Waals surface area contributed by atoms with Crippen LogP contribution < -0.4 is 4.74 Å². The Morgan fingerprint density at radius 1 is 1.00 bits per heavy atom. The van der Waals surface area contributed by atoms with Crippen LogP contribution >= 0.6 is 0 Å². The number of piperidine rings is 1. The lowest BCUT2D eigenvalue weighted by atomic mass is 9.91. The lowest BCUT2D eigenvalue weighted by Gasteiger charge is -2.37. The Morgan fingerprint density at radius 2 is 1.62 bits per heavy atom. The van der Waals surface area contributed by atoms with Crippen molar-refractivity contribution in [3.8, 4) is 5.75 Å². The summed E-state index contributed by atoms with van der Waals surface area (Å²) in [5.74, 6) is 2.51. The summed E-state index contributed by atoms with van der Waals surface area (Å²) < 4.78 is 6.14. The second-order valence-corrected chi connectivity index (χ2v) is 10.5. The Morgan fingerprint density at radius 3 is 2.21 bits per heavy atom. The van der Waals surface area contributed by atoms with Gasteiger partial charge in [0, 0.05) is 32.7 Å². The van der Waals surface area contributed by atoms with Crippen molar-refractivity contribution in [3.63, 3.8) is 0 Å². The van der Waals surface area contributed by atoms with Gasteiger partial charge < -0.3 is 14.5 Å². The average Bonchev–Trinajstić information content (AvgIpc) is 3.62. The molecule has 2 unspecified atom stereocenters. The number of likely N-dealkylation sites (N-methyl/N-ethyl adjacent to an activating group) is 1. The predicted octanol–water partition coefficient (Wildman–Crippen LogP) is 5.59. The maximum absolute atomic E-state index is 13.0. The molecule has 2 atom stereocenters. The van der Waals surface area contributed by atoms with E-state index >= 15 is 0 Å². The number of nitrogens with zero attached hydrogens (tertiary/aromatic N) is 2. The molecule has 2 fully saturated rings. The standard InChI is InChI=1S/C30H42N2O2/c1-7-27-20(2)22(4)30(23(5)21(27)3)34-19-29(33)31(6)26-13-15-32(16-14-26)18-25-17-28(25)24-11-9-8-10-12-24/h8-12,25-26,28H,7,13-19H2,1-6H3. The molecule has 1 amide bonds. The molecule has 2 aliphatic rings. The van der Waals surface area contributed by atoms with Crippen molar-refractivity contribution in [2.45, 2.75) is 72.3 Å². The number of ether oxygens (including phenoxy) is 1. The van der Waals surface area contributed by atoms with Gasteiger partial charge in [0.1, 0.15) is 5.75 Å². The molecule has 1 saturated heterocycles. The van der Waals surface area contributed by atoms with E-state index in [0.717, 1.165) is 61.1 Å². The highest BCUT2D eigenvalue weighted by atomic mass is 16.5. The van der Waals surface area contributed by atoms with Crippen LogP contribution in [0.25, 0.3) is 0 Å². The van der Waals surface area contributed by atoms with Crippen molar-refractivity contribution in [3.05, 3.63) is 63.7 Å². The third-order valence-corrected chi connectivity index (χ3v) is 8.55. The smallest absolute Gasteiger partial charge is 0.260 e. The molecule has 2 aromatic carbocycles. The van der Waals surface area contributed by atoms with Gasteiger partial charge in [0.15, 0.2) is 6.61 Å². The lowest BCUT2D eigenvalue weighted by molar-refractivity contribution is -0.135. The molecule has 4 heteroatoms. The van der Waals surface area contributed by atoms with E-state index in [-0.39, 0.29) is 12.5 Å². The van der Waals surface area contributed by atoms with Crippen molar-refractivity contribution in [1.82, 2.24) is 9.80 Å². The minimum Gasteiger partial charge on any atom is -0.483 e. The molecule has 1 aliphatic heterocycles. The molecule has 0 bridgehead atoms. The van der Waals surface area contributed by atoms with E-state index in [1.165, 1.54) is 35.2 Å². The Balaban J connectivity index is 1.25. The Labute approximate surface area is 206 Å². The van der Waals surface area contributed by atoms with Gasteiger partial charge in [0.25, 0.3) is 5.91 Å². The van der Waals surface area contributed by atoms with Crippen LogP contribution in [0.4, 0.5) is 0 Å². The molecule has 1 saturated carbocycles. The molecule has 0 N–H and O–H groups in total. The van der Waals surface area contributed by atoms with Crippen LogP contribution in [0.3, 0.4) is 0 Å². The van der Waals surface area contributed by atoms with Gasteiger partial charge in [-0.15, -0.1) is 0 Å². The fraction of sp³-hybridized carbons (Fsp3) is 0.567. The van der Waals surface area contributed by atoms with Crippen LogP contribution in [-0.2, 0) is 11.2 Å². The van der Waals surface area contributed by atoms with E-state index in [0.29, 0.717) is 6.04 Å². The first kappa shape index (κ1) is 24.8. The van der Waals surface area contributed by atoms with Crippen LogP contribution in [0.5, 0.6) is 5.75 Å². The second-order valence-electron chi connectivity index (χ2n) is 10.5. The molecule has 1 heterocycles. The maximum atomic E-state index is 13.0. The highest BCUT2D eigenvalue weighted by Gasteiger charge is 2.39. The normalized spacial score (nSPS) is 20.9. The first-order chi connectivity index (χ1) is 16.3. The molecule has 184 valence electrons. The summed E-state index contributed by atoms with van der Waals surface area (Å²) in [5, 5.41) is 0. The maximum Gasteiger partial charge on any atom is 0.260 e. The van der Waals surface area contributed by atoms with Crippen molar-refractivity contribution >= 4 is 5.91 Å². The van der Waals surface area contributed by atoms with E-state index in [4.69, 9.17) is 4.74 Å². The molecule has 1 aliphatic carbocycles. The van der Waals surface area contributed by atoms with E-state index in [2.05, 4.69) is 69.9 Å². The van der Waals surface area contributed by atoms with Crippen LogP contribution in [0.1, 0.15) is 65.5 Å². The molecule has 4 nitrogen and oxygen atoms in total. The van der Waals surface area contributed by atoms with Crippen molar-refractivity contribution < 1.29 is 9.53 Å². The summed E-state index contributed by atoms with van der Waals surface area (Å²) in [6, 6.07) is 11.2. The summed E-state index contributed by atoms with van der Waals surface area (Å²) in [6.07, 6.45) is 4.43. The van der Waals surface area contributed by atoms with Crippen molar-refractivity contribution in [2.75, 3.05) is 33.3 Å². The number of carbonyl (C=O) groups excluding carboxylic acids is 1. The second kappa shape index (κ2) is 10.5. The number of amides is 1. The number of hydrogen-bond donors (Lipinski definition) is 0. The summed E-state index contributed by atoms with van der Waals surface area (Å²) >= 11 is 0. The first-order valence-corrected chi connectivity index (χ1v) is 13.1. The van der Waals surface area contributed by atoms with E-state index < -0.39 is 0 Å². The first-order valence-electron chi connectivity index (χ1n) is 13.1. The number of hydrogen-bond acceptors (Lipinski definition) is 3. The lowest BCUT2D eigenvalue weighted by Crippen LogP contribution is -2.47. The van der Waals surface area contributed by atoms with Gasteiger partial charge in [-0.1, -0.05) is 37.3 Å². The van der Waals surface area contributed by atoms with Crippen LogP contribution in [0.2, 0.25) is 0 Å². The number of rotatable bonds is 8. The van der Waals surface area contributed by atoms with E-state index in [1.807, 2.05) is 11.9 Å². The van der Waals surface area contributed by atoms with E-state index in [1.54, 1.807) is 0 Å². The summed E-state index contributed by atoms with van der Waals surface area (Å²) in [7, 11) is 1.95. The van der Waals surface area contributed by atoms with Gasteiger partial charge >= 0.3 is 0 Å². The third-order valence-electron chi connectivity index (χ3n) is 8.55. The molecule has 34 heavy (non-hydrogen) atoms. The van der Waals surface area contributed by atoms with Crippen molar-refractivity contribution in [1.29, 1.82) is 0 Å². The monoisotopic (exact) mass is 462 g/mol. The predicted molar refractivity (Wildman–Crippen MR) is 140 cm³/mol. The fourth-order valence-electron chi connectivity index (χ4n) is 5.92. The topological polar surface area (TPSA) is 32.8 Å². The Bertz CT molecular complexity index is 979. The van der Waals surface area contributed by atoms with Crippen LogP contribution in [-0.4, -0.2) is 55.0 Å². The molecule has 0 radical (unpaired) electrons. The van der Waals surface area contributed by atoms with Gasteiger partial charge in [0.05, 0.1) is 0 Å². The van der Waals surface area contributed by atoms with Gasteiger partial charge in [-0.2, -0.15) is 0 Å². The van der Waals surface area contributed by atoms with Gasteiger partial charge in [-0.05, 0) is 98.6 Å². The molecular formula is C30H42N2O2. The Hall–Kier alpha value is -2.33. The highest BCUT2D eigenvalue weighted by Crippen LogP contribution is 2.47. The van der Waals surface area contributed by atoms with Crippen LogP contribution in [0.15, 0.2) is 30.3 Å². The SMILES string of the molecule is CCc1c(C)c(C)c(OCC(=O)N(C)C2CCN(CC3CC3c3ccccc3)CC2)c(C)c1C. The van der Waals surface area contributed by atoms with Gasteiger partial charge in [0.2, 0.25) is 0 Å². The Kier molecular flexibility index (Phi) is 7.67. The molecule has 0 aromatic heterocycles. The highest BCUT2D eigenvalue weighted by molar-refractivity contribution is 5.78. The number of carbonyl (C=O) groups is 1. The zero-order chi connectivity index (χ0) is 24.4. The van der Waals surface area contributed by atoms with Gasteiger partial charge in [-0.25, -0.2) is 0 Å². The zero-order valence-corrected chi connectivity index (χ0v) is 22.0. The fourth-order valence-corrected chi connectivity index (χ4v) is 5.92. The van der Waals surface area contributed by atoms with Crippen LogP contribution in [0, 0.1) is 33.6 Å². The molecule has 2 aromatic rings.